The van der Waals surface area contributed by atoms with Crippen molar-refractivity contribution < 1.29 is 31.6 Å². The van der Waals surface area contributed by atoms with Gasteiger partial charge in [-0.05, 0) is 55.2 Å². The molecule has 0 saturated carbocycles. The Labute approximate surface area is 198 Å². The second kappa shape index (κ2) is 11.6. The zero-order valence-electron chi connectivity index (χ0n) is 19.2. The van der Waals surface area contributed by atoms with Crippen molar-refractivity contribution in [2.45, 2.75) is 50.3 Å². The Morgan fingerprint density at radius 1 is 1.21 bits per heavy atom. The number of rotatable bonds is 11. The molecule has 2 N–H and O–H groups in total. The van der Waals surface area contributed by atoms with Crippen molar-refractivity contribution in [2.24, 2.45) is 5.92 Å². The molecule has 2 aromatic rings. The molecule has 186 valence electrons. The lowest BCUT2D eigenvalue weighted by atomic mass is 10.0. The lowest BCUT2D eigenvalue weighted by Crippen LogP contribution is -2.54. The fourth-order valence-electron chi connectivity index (χ4n) is 3.80. The molecular weight excluding hydrogens is 465 g/mol. The highest BCUT2D eigenvalue weighted by Gasteiger charge is 2.34. The highest BCUT2D eigenvalue weighted by Crippen LogP contribution is 2.18. The minimum atomic E-state index is -4.06. The van der Waals surface area contributed by atoms with Gasteiger partial charge in [0.2, 0.25) is 21.8 Å². The number of furan rings is 1. The number of carbonyl (C=O) groups excluding carboxylic acids is 2. The van der Waals surface area contributed by atoms with Crippen molar-refractivity contribution in [3.05, 3.63) is 54.2 Å². The fraction of sp³-hybridized carbons (Fsp3) is 0.478. The third-order valence-corrected chi connectivity index (χ3v) is 6.94. The maximum atomic E-state index is 13.2. The van der Waals surface area contributed by atoms with E-state index in [0.717, 1.165) is 37.1 Å². The standard InChI is InChI=1S/C23H30FN3O6S/c1-16(2)22(23(29)25-13-18-5-3-11-32-18)27(15-19-6-4-12-33-19)21(28)14-26-34(30,31)20-9-7-17(24)8-10-20/h4,6-10,12,16,18,22,26H,3,5,11,13-15H2,1-2H3,(H,25,29)/t18-,22-/m1/s1. The molecule has 11 heteroatoms. The van der Waals surface area contributed by atoms with Crippen LogP contribution in [0.4, 0.5) is 4.39 Å². The number of nitrogens with one attached hydrogen (secondary N) is 2. The summed E-state index contributed by atoms with van der Waals surface area (Å²) >= 11 is 0. The molecule has 9 nitrogen and oxygen atoms in total. The minimum Gasteiger partial charge on any atom is -0.467 e. The van der Waals surface area contributed by atoms with Crippen LogP contribution in [0.25, 0.3) is 0 Å². The number of hydrogen-bond donors (Lipinski definition) is 2. The third-order valence-electron chi connectivity index (χ3n) is 5.53. The van der Waals surface area contributed by atoms with E-state index in [0.29, 0.717) is 18.9 Å². The Morgan fingerprint density at radius 2 is 1.94 bits per heavy atom. The zero-order valence-corrected chi connectivity index (χ0v) is 20.0. The molecule has 3 rings (SSSR count). The maximum Gasteiger partial charge on any atom is 0.243 e. The fourth-order valence-corrected chi connectivity index (χ4v) is 4.77. The predicted octanol–water partition coefficient (Wildman–Crippen LogP) is 2.05. The molecular formula is C23H30FN3O6S. The van der Waals surface area contributed by atoms with Crippen molar-refractivity contribution in [3.8, 4) is 0 Å². The first-order valence-electron chi connectivity index (χ1n) is 11.1. The van der Waals surface area contributed by atoms with E-state index < -0.39 is 34.3 Å². The zero-order chi connectivity index (χ0) is 24.7. The van der Waals surface area contributed by atoms with Crippen molar-refractivity contribution in [1.29, 1.82) is 0 Å². The van der Waals surface area contributed by atoms with E-state index in [2.05, 4.69) is 10.0 Å². The van der Waals surface area contributed by atoms with Gasteiger partial charge in [-0.2, -0.15) is 0 Å². The van der Waals surface area contributed by atoms with Gasteiger partial charge >= 0.3 is 0 Å². The second-order valence-electron chi connectivity index (χ2n) is 8.45. The van der Waals surface area contributed by atoms with Gasteiger partial charge < -0.3 is 19.4 Å². The van der Waals surface area contributed by atoms with Gasteiger partial charge in [-0.25, -0.2) is 17.5 Å². The number of halogens is 1. The number of nitrogens with zero attached hydrogens (tertiary/aromatic N) is 1. The van der Waals surface area contributed by atoms with Crippen LogP contribution in [-0.2, 0) is 30.9 Å². The molecule has 2 heterocycles. The Kier molecular flexibility index (Phi) is 8.81. The summed E-state index contributed by atoms with van der Waals surface area (Å²) in [5.74, 6) is -1.35. The van der Waals surface area contributed by atoms with E-state index in [1.165, 1.54) is 11.2 Å². The van der Waals surface area contributed by atoms with Gasteiger partial charge in [0.05, 0.1) is 30.4 Å². The van der Waals surface area contributed by atoms with Crippen molar-refractivity contribution in [3.63, 3.8) is 0 Å². The molecule has 2 amide bonds. The van der Waals surface area contributed by atoms with Crippen LogP contribution >= 0.6 is 0 Å². The van der Waals surface area contributed by atoms with Gasteiger partial charge in [0.1, 0.15) is 17.6 Å². The Morgan fingerprint density at radius 3 is 2.53 bits per heavy atom. The molecule has 1 fully saturated rings. The Bertz CT molecular complexity index is 1050. The summed E-state index contributed by atoms with van der Waals surface area (Å²) in [6.45, 7) is 4.01. The molecule has 0 unspecified atom stereocenters. The van der Waals surface area contributed by atoms with Crippen molar-refractivity contribution in [2.75, 3.05) is 19.7 Å². The Balaban J connectivity index is 1.75. The highest BCUT2D eigenvalue weighted by molar-refractivity contribution is 7.89. The molecule has 1 aliphatic rings. The number of benzene rings is 1. The predicted molar refractivity (Wildman–Crippen MR) is 121 cm³/mol. The smallest absolute Gasteiger partial charge is 0.243 e. The summed E-state index contributed by atoms with van der Waals surface area (Å²) in [5, 5.41) is 2.86. The highest BCUT2D eigenvalue weighted by atomic mass is 32.2. The summed E-state index contributed by atoms with van der Waals surface area (Å²) in [7, 11) is -4.06. The first-order chi connectivity index (χ1) is 16.2. The lowest BCUT2D eigenvalue weighted by molar-refractivity contribution is -0.142. The van der Waals surface area contributed by atoms with Crippen LogP contribution in [0.3, 0.4) is 0 Å². The summed E-state index contributed by atoms with van der Waals surface area (Å²) in [4.78, 5) is 27.4. The van der Waals surface area contributed by atoms with E-state index in [9.17, 15) is 22.4 Å². The first-order valence-corrected chi connectivity index (χ1v) is 12.6. The lowest BCUT2D eigenvalue weighted by Gasteiger charge is -2.33. The molecule has 0 aliphatic carbocycles. The molecule has 1 saturated heterocycles. The summed E-state index contributed by atoms with van der Waals surface area (Å²) in [5.41, 5.74) is 0. The van der Waals surface area contributed by atoms with E-state index in [-0.39, 0.29) is 29.4 Å². The first kappa shape index (κ1) is 25.9. The van der Waals surface area contributed by atoms with E-state index >= 15 is 0 Å². The number of ether oxygens (including phenoxy) is 1. The van der Waals surface area contributed by atoms with E-state index in [1.54, 1.807) is 26.0 Å². The quantitative estimate of drug-likeness (QED) is 0.493. The molecule has 1 aliphatic heterocycles. The van der Waals surface area contributed by atoms with Crippen LogP contribution in [0.15, 0.2) is 52.0 Å². The van der Waals surface area contributed by atoms with Gasteiger partial charge in [0.25, 0.3) is 0 Å². The van der Waals surface area contributed by atoms with Gasteiger partial charge in [0.15, 0.2) is 0 Å². The summed E-state index contributed by atoms with van der Waals surface area (Å²) < 4.78 is 51.4. The Hall–Kier alpha value is -2.76. The second-order valence-corrected chi connectivity index (χ2v) is 10.2. The van der Waals surface area contributed by atoms with Gasteiger partial charge in [-0.15, -0.1) is 0 Å². The van der Waals surface area contributed by atoms with Crippen LogP contribution in [0.5, 0.6) is 0 Å². The van der Waals surface area contributed by atoms with E-state index in [4.69, 9.17) is 9.15 Å². The molecule has 0 bridgehead atoms. The molecule has 1 aromatic carbocycles. The molecule has 34 heavy (non-hydrogen) atoms. The molecule has 1 aromatic heterocycles. The average Bonchev–Trinajstić information content (AvgIpc) is 3.50. The summed E-state index contributed by atoms with van der Waals surface area (Å²) in [6.07, 6.45) is 3.18. The molecule has 2 atom stereocenters. The van der Waals surface area contributed by atoms with Crippen LogP contribution < -0.4 is 10.0 Å². The topological polar surface area (TPSA) is 118 Å². The number of sulfonamides is 1. The van der Waals surface area contributed by atoms with Crippen molar-refractivity contribution in [1.82, 2.24) is 14.9 Å². The number of carbonyl (C=O) groups is 2. The SMILES string of the molecule is CC(C)[C@H](C(=O)NC[C@H]1CCCO1)N(Cc1ccco1)C(=O)CNS(=O)(=O)c1ccc(F)cc1. The van der Waals surface area contributed by atoms with Gasteiger partial charge in [-0.1, -0.05) is 13.8 Å². The largest absolute Gasteiger partial charge is 0.467 e. The van der Waals surface area contributed by atoms with E-state index in [1.807, 2.05) is 0 Å². The maximum absolute atomic E-state index is 13.2. The average molecular weight is 496 g/mol. The van der Waals surface area contributed by atoms with Crippen molar-refractivity contribution >= 4 is 21.8 Å². The van der Waals surface area contributed by atoms with Crippen LogP contribution in [0, 0.1) is 11.7 Å². The number of hydrogen-bond acceptors (Lipinski definition) is 6. The molecule has 0 radical (unpaired) electrons. The van der Waals surface area contributed by atoms with Gasteiger partial charge in [-0.3, -0.25) is 9.59 Å². The number of amides is 2. The van der Waals surface area contributed by atoms with Crippen LogP contribution in [-0.4, -0.2) is 57.0 Å². The van der Waals surface area contributed by atoms with Crippen LogP contribution in [0.1, 0.15) is 32.4 Å². The monoisotopic (exact) mass is 495 g/mol. The normalized spacial score (nSPS) is 17.0. The van der Waals surface area contributed by atoms with Gasteiger partial charge in [0, 0.05) is 13.2 Å². The molecule has 0 spiro atoms. The van der Waals surface area contributed by atoms with Crippen LogP contribution in [0.2, 0.25) is 0 Å². The summed E-state index contributed by atoms with van der Waals surface area (Å²) in [6, 6.07) is 6.73. The minimum absolute atomic E-state index is 0.0136. The third kappa shape index (κ3) is 6.87.